The van der Waals surface area contributed by atoms with E-state index in [1.54, 1.807) is 0 Å². The summed E-state index contributed by atoms with van der Waals surface area (Å²) in [7, 11) is 0. The third-order valence-electron chi connectivity index (χ3n) is 2.77. The zero-order chi connectivity index (χ0) is 8.10. The molecule has 0 aromatic heterocycles. The average Bonchev–Trinajstić information content (AvgIpc) is 2.40. The van der Waals surface area contributed by atoms with E-state index in [1.165, 1.54) is 44.9 Å². The first-order valence-corrected chi connectivity index (χ1v) is 5.08. The van der Waals surface area contributed by atoms with Gasteiger partial charge in [-0.1, -0.05) is 39.0 Å². The topological polar surface area (TPSA) is 26.0 Å². The summed E-state index contributed by atoms with van der Waals surface area (Å²) in [6.07, 6.45) is 9.53. The van der Waals surface area contributed by atoms with Crippen LogP contribution in [0.25, 0.3) is 0 Å². The lowest BCUT2D eigenvalue weighted by atomic mass is 9.96. The highest BCUT2D eigenvalue weighted by molar-refractivity contribution is 4.72. The molecular weight excluding hydrogens is 134 g/mol. The maximum atomic E-state index is 5.96. The third kappa shape index (κ3) is 3.24. The maximum absolute atomic E-state index is 5.96. The van der Waals surface area contributed by atoms with Gasteiger partial charge in [-0.05, 0) is 18.8 Å². The molecule has 66 valence electrons. The van der Waals surface area contributed by atoms with E-state index in [2.05, 4.69) is 6.92 Å². The second kappa shape index (κ2) is 4.76. The highest BCUT2D eigenvalue weighted by Gasteiger charge is 2.17. The number of nitrogens with two attached hydrogens (primary N) is 1. The van der Waals surface area contributed by atoms with Gasteiger partial charge in [-0.2, -0.15) is 0 Å². The van der Waals surface area contributed by atoms with Gasteiger partial charge in [0.05, 0.1) is 0 Å². The number of hydrogen-bond donors (Lipinski definition) is 1. The third-order valence-corrected chi connectivity index (χ3v) is 2.77. The van der Waals surface area contributed by atoms with Crippen LogP contribution in [0.5, 0.6) is 0 Å². The predicted octanol–water partition coefficient (Wildman–Crippen LogP) is 2.69. The van der Waals surface area contributed by atoms with Crippen LogP contribution in [-0.4, -0.2) is 6.04 Å². The molecule has 0 amide bonds. The first kappa shape index (κ1) is 9.05. The highest BCUT2D eigenvalue weighted by Crippen LogP contribution is 2.28. The van der Waals surface area contributed by atoms with Crippen molar-refractivity contribution in [3.8, 4) is 0 Å². The number of rotatable bonds is 4. The van der Waals surface area contributed by atoms with Gasteiger partial charge in [0.25, 0.3) is 0 Å². The van der Waals surface area contributed by atoms with E-state index in [1.807, 2.05) is 0 Å². The Morgan fingerprint density at radius 2 is 2.00 bits per heavy atom. The smallest absolute Gasteiger partial charge is 0.00413 e. The van der Waals surface area contributed by atoms with Crippen LogP contribution in [0.3, 0.4) is 0 Å². The Bertz CT molecular complexity index is 95.0. The minimum absolute atomic E-state index is 0.489. The van der Waals surface area contributed by atoms with Gasteiger partial charge in [0.15, 0.2) is 0 Å². The summed E-state index contributed by atoms with van der Waals surface area (Å²) < 4.78 is 0. The Labute approximate surface area is 70.4 Å². The van der Waals surface area contributed by atoms with Crippen LogP contribution < -0.4 is 5.73 Å². The fourth-order valence-electron chi connectivity index (χ4n) is 2.16. The molecule has 0 aromatic rings. The van der Waals surface area contributed by atoms with E-state index >= 15 is 0 Å². The van der Waals surface area contributed by atoms with Gasteiger partial charge in [-0.25, -0.2) is 0 Å². The van der Waals surface area contributed by atoms with Gasteiger partial charge >= 0.3 is 0 Å². The van der Waals surface area contributed by atoms with Crippen molar-refractivity contribution < 1.29 is 0 Å². The van der Waals surface area contributed by atoms with Crippen molar-refractivity contribution >= 4 is 0 Å². The van der Waals surface area contributed by atoms with E-state index in [4.69, 9.17) is 5.73 Å². The molecule has 0 radical (unpaired) electrons. The molecule has 1 nitrogen and oxygen atoms in total. The summed E-state index contributed by atoms with van der Waals surface area (Å²) in [5.74, 6) is 0.969. The molecule has 0 heterocycles. The predicted molar refractivity (Wildman–Crippen MR) is 49.5 cm³/mol. The lowest BCUT2D eigenvalue weighted by Gasteiger charge is -2.14. The molecule has 0 spiro atoms. The van der Waals surface area contributed by atoms with Crippen molar-refractivity contribution in [2.24, 2.45) is 11.7 Å². The Kier molecular flexibility index (Phi) is 3.92. The molecule has 1 unspecified atom stereocenters. The first-order valence-electron chi connectivity index (χ1n) is 5.08. The van der Waals surface area contributed by atoms with Crippen molar-refractivity contribution in [1.29, 1.82) is 0 Å². The second-order valence-corrected chi connectivity index (χ2v) is 3.93. The molecule has 1 aliphatic carbocycles. The van der Waals surface area contributed by atoms with Gasteiger partial charge in [0.2, 0.25) is 0 Å². The Hall–Kier alpha value is -0.0400. The first-order chi connectivity index (χ1) is 5.33. The molecule has 2 N–H and O–H groups in total. The zero-order valence-corrected chi connectivity index (χ0v) is 7.68. The van der Waals surface area contributed by atoms with Crippen LogP contribution in [0.15, 0.2) is 0 Å². The molecule has 1 aliphatic rings. The van der Waals surface area contributed by atoms with Crippen molar-refractivity contribution in [1.82, 2.24) is 0 Å². The van der Waals surface area contributed by atoms with Crippen molar-refractivity contribution in [2.45, 2.75) is 57.9 Å². The largest absolute Gasteiger partial charge is 0.328 e. The Morgan fingerprint density at radius 1 is 1.36 bits per heavy atom. The monoisotopic (exact) mass is 155 g/mol. The summed E-state index contributed by atoms with van der Waals surface area (Å²) in [6.45, 7) is 2.22. The quantitative estimate of drug-likeness (QED) is 0.663. The lowest BCUT2D eigenvalue weighted by Crippen LogP contribution is -2.22. The molecule has 1 saturated carbocycles. The zero-order valence-electron chi connectivity index (χ0n) is 7.68. The van der Waals surface area contributed by atoms with E-state index in [-0.39, 0.29) is 0 Å². The highest BCUT2D eigenvalue weighted by atomic mass is 14.6. The summed E-state index contributed by atoms with van der Waals surface area (Å²) in [4.78, 5) is 0. The van der Waals surface area contributed by atoms with Gasteiger partial charge in [-0.15, -0.1) is 0 Å². The summed E-state index contributed by atoms with van der Waals surface area (Å²) in [5, 5.41) is 0. The van der Waals surface area contributed by atoms with Crippen molar-refractivity contribution in [2.75, 3.05) is 0 Å². The maximum Gasteiger partial charge on any atom is 0.00413 e. The molecule has 1 atom stereocenters. The van der Waals surface area contributed by atoms with Crippen LogP contribution >= 0.6 is 0 Å². The molecular formula is C10H21N. The van der Waals surface area contributed by atoms with Crippen LogP contribution in [0.1, 0.15) is 51.9 Å². The summed E-state index contributed by atoms with van der Waals surface area (Å²) >= 11 is 0. The van der Waals surface area contributed by atoms with E-state index in [9.17, 15) is 0 Å². The van der Waals surface area contributed by atoms with Gasteiger partial charge in [0, 0.05) is 6.04 Å². The minimum atomic E-state index is 0.489. The molecule has 0 aromatic carbocycles. The molecule has 1 fully saturated rings. The molecule has 1 rings (SSSR count). The standard InChI is InChI=1S/C10H21N/c1-2-5-10(11)8-9-6-3-4-7-9/h9-10H,2-8,11H2,1H3. The van der Waals surface area contributed by atoms with Crippen LogP contribution in [0, 0.1) is 5.92 Å². The second-order valence-electron chi connectivity index (χ2n) is 3.93. The van der Waals surface area contributed by atoms with E-state index < -0.39 is 0 Å². The number of hydrogen-bond acceptors (Lipinski definition) is 1. The van der Waals surface area contributed by atoms with E-state index in [0.717, 1.165) is 5.92 Å². The molecule has 11 heavy (non-hydrogen) atoms. The van der Waals surface area contributed by atoms with E-state index in [0.29, 0.717) is 6.04 Å². The van der Waals surface area contributed by atoms with Crippen molar-refractivity contribution in [3.63, 3.8) is 0 Å². The normalized spacial score (nSPS) is 22.4. The minimum Gasteiger partial charge on any atom is -0.328 e. The average molecular weight is 155 g/mol. The lowest BCUT2D eigenvalue weighted by molar-refractivity contribution is 0.425. The van der Waals surface area contributed by atoms with Crippen LogP contribution in [-0.2, 0) is 0 Å². The Morgan fingerprint density at radius 3 is 2.55 bits per heavy atom. The van der Waals surface area contributed by atoms with Crippen LogP contribution in [0.4, 0.5) is 0 Å². The SMILES string of the molecule is CCCC(N)CC1CCCC1. The van der Waals surface area contributed by atoms with Crippen molar-refractivity contribution in [3.05, 3.63) is 0 Å². The van der Waals surface area contributed by atoms with Crippen LogP contribution in [0.2, 0.25) is 0 Å². The fourth-order valence-corrected chi connectivity index (χ4v) is 2.16. The molecule has 0 saturated heterocycles. The van der Waals surface area contributed by atoms with Gasteiger partial charge in [0.1, 0.15) is 0 Å². The Balaban J connectivity index is 2.08. The van der Waals surface area contributed by atoms with Gasteiger partial charge in [-0.3, -0.25) is 0 Å². The molecule has 0 aliphatic heterocycles. The fraction of sp³-hybridized carbons (Fsp3) is 1.00. The summed E-state index contributed by atoms with van der Waals surface area (Å²) in [6, 6.07) is 0.489. The molecule has 0 bridgehead atoms. The summed E-state index contributed by atoms with van der Waals surface area (Å²) in [5.41, 5.74) is 5.96. The van der Waals surface area contributed by atoms with Gasteiger partial charge < -0.3 is 5.73 Å². The molecule has 1 heteroatoms.